The summed E-state index contributed by atoms with van der Waals surface area (Å²) >= 11 is 0. The number of carboxylic acids is 3. The minimum atomic E-state index is -1.02. The van der Waals surface area contributed by atoms with E-state index < -0.39 is 17.9 Å². The van der Waals surface area contributed by atoms with Gasteiger partial charge in [-0.3, -0.25) is 48.6 Å². The maximum Gasteiger partial charge on any atom is 0.317 e. The van der Waals surface area contributed by atoms with Crippen molar-refractivity contribution in [3.05, 3.63) is 29.6 Å². The predicted molar refractivity (Wildman–Crippen MR) is 135 cm³/mol. The van der Waals surface area contributed by atoms with E-state index in [0.29, 0.717) is 58.1 Å². The average molecular weight is 537 g/mol. The highest BCUT2D eigenvalue weighted by Crippen LogP contribution is 2.03. The van der Waals surface area contributed by atoms with E-state index in [1.165, 1.54) is 13.1 Å². The molecule has 14 nitrogen and oxygen atoms in total. The summed E-state index contributed by atoms with van der Waals surface area (Å²) in [5, 5.41) is 30.7. The molecule has 0 aliphatic carbocycles. The van der Waals surface area contributed by atoms with Gasteiger partial charge < -0.3 is 20.6 Å². The summed E-state index contributed by atoms with van der Waals surface area (Å²) in [6.45, 7) is 3.56. The largest absolute Gasteiger partial charge is 0.480 e. The highest BCUT2D eigenvalue weighted by atomic mass is 16.4. The van der Waals surface area contributed by atoms with Gasteiger partial charge in [-0.2, -0.15) is 0 Å². The molecule has 1 aliphatic rings. The van der Waals surface area contributed by atoms with Crippen molar-refractivity contribution >= 4 is 29.6 Å². The minimum Gasteiger partial charge on any atom is -0.480 e. The lowest BCUT2D eigenvalue weighted by Gasteiger charge is -2.32. The second kappa shape index (κ2) is 15.7. The number of nitrogens with zero attached hydrogens (tertiary/aromatic N) is 5. The molecule has 2 rings (SSSR count). The van der Waals surface area contributed by atoms with Crippen molar-refractivity contribution in [3.8, 4) is 0 Å². The minimum absolute atomic E-state index is 0.0198. The third-order valence-electron chi connectivity index (χ3n) is 6.05. The highest BCUT2D eigenvalue weighted by molar-refractivity contribution is 5.92. The SMILES string of the molecule is CC(=O)c1ccc(CNC(=O)CN2CCN(CC(=O)O)CCN(CC(=O)O)CCN(CC(=O)O)CC2)cn1. The number of hydrogen-bond donors (Lipinski definition) is 4. The molecule has 1 aliphatic heterocycles. The van der Waals surface area contributed by atoms with Crippen LogP contribution in [0.2, 0.25) is 0 Å². The zero-order chi connectivity index (χ0) is 28.1. The summed E-state index contributed by atoms with van der Waals surface area (Å²) in [4.78, 5) is 69.0. The summed E-state index contributed by atoms with van der Waals surface area (Å²) in [5.74, 6) is -3.46. The van der Waals surface area contributed by atoms with E-state index in [9.17, 15) is 39.3 Å². The number of carbonyl (C=O) groups excluding carboxylic acids is 2. The Morgan fingerprint density at radius 3 is 1.42 bits per heavy atom. The van der Waals surface area contributed by atoms with Crippen LogP contribution in [0.1, 0.15) is 23.0 Å². The van der Waals surface area contributed by atoms with Gasteiger partial charge in [-0.25, -0.2) is 0 Å². The molecule has 1 aromatic rings. The van der Waals surface area contributed by atoms with Crippen molar-refractivity contribution in [2.75, 3.05) is 78.5 Å². The molecule has 1 fully saturated rings. The Bertz CT molecular complexity index is 941. The number of Topliss-reactive ketones (excluding diaryl/α,β-unsaturated/α-hetero) is 1. The second-order valence-electron chi connectivity index (χ2n) is 9.17. The Hall–Kier alpha value is -3.46. The first-order valence-electron chi connectivity index (χ1n) is 12.3. The molecule has 0 aromatic carbocycles. The Labute approximate surface area is 220 Å². The summed E-state index contributed by atoms with van der Waals surface area (Å²) in [5.41, 5.74) is 1.06. The molecule has 4 N–H and O–H groups in total. The molecule has 0 bridgehead atoms. The zero-order valence-electron chi connectivity index (χ0n) is 21.5. The van der Waals surface area contributed by atoms with E-state index in [4.69, 9.17) is 0 Å². The smallest absolute Gasteiger partial charge is 0.317 e. The maximum absolute atomic E-state index is 12.7. The molecule has 1 aromatic heterocycles. The van der Waals surface area contributed by atoms with Crippen molar-refractivity contribution < 1.29 is 39.3 Å². The molecule has 210 valence electrons. The van der Waals surface area contributed by atoms with Gasteiger partial charge in [-0.05, 0) is 11.6 Å². The van der Waals surface area contributed by atoms with Crippen LogP contribution in [0, 0.1) is 0 Å². The summed E-state index contributed by atoms with van der Waals surface area (Å²) in [7, 11) is 0. The Morgan fingerprint density at radius 2 is 1.11 bits per heavy atom. The van der Waals surface area contributed by atoms with Gasteiger partial charge in [0.15, 0.2) is 5.78 Å². The summed E-state index contributed by atoms with van der Waals surface area (Å²) < 4.78 is 0. The lowest BCUT2D eigenvalue weighted by molar-refractivity contribution is -0.140. The van der Waals surface area contributed by atoms with Crippen LogP contribution < -0.4 is 5.32 Å². The van der Waals surface area contributed by atoms with Crippen molar-refractivity contribution in [1.82, 2.24) is 29.9 Å². The number of carbonyl (C=O) groups is 5. The number of amides is 1. The van der Waals surface area contributed by atoms with Crippen LogP contribution in [-0.2, 0) is 25.7 Å². The molecular formula is C24H36N6O8. The standard InChI is InChI=1S/C24H36N6O8/c1-18(31)20-3-2-19(12-25-20)13-26-21(32)14-27-4-6-28(15-22(33)34)8-10-30(17-24(37)38)11-9-29(7-5-27)16-23(35)36/h2-3,12H,4-11,13-17H2,1H3,(H,26,32)(H,33,34)(H,35,36)(H,37,38). The average Bonchev–Trinajstić information content (AvgIpc) is 2.83. The van der Waals surface area contributed by atoms with Gasteiger partial charge in [0.05, 0.1) is 26.2 Å². The molecule has 0 unspecified atom stereocenters. The van der Waals surface area contributed by atoms with E-state index >= 15 is 0 Å². The molecule has 14 heteroatoms. The molecule has 1 saturated heterocycles. The fourth-order valence-electron chi connectivity index (χ4n) is 3.98. The molecule has 0 saturated carbocycles. The highest BCUT2D eigenvalue weighted by Gasteiger charge is 2.21. The van der Waals surface area contributed by atoms with Crippen LogP contribution in [0.3, 0.4) is 0 Å². The van der Waals surface area contributed by atoms with Crippen LogP contribution in [0.5, 0.6) is 0 Å². The van der Waals surface area contributed by atoms with Gasteiger partial charge in [-0.15, -0.1) is 0 Å². The maximum atomic E-state index is 12.7. The number of pyridine rings is 1. The number of carboxylic acid groups (broad SMARTS) is 3. The van der Waals surface area contributed by atoms with Crippen molar-refractivity contribution in [2.24, 2.45) is 0 Å². The molecular weight excluding hydrogens is 500 g/mol. The van der Waals surface area contributed by atoms with Gasteiger partial charge >= 0.3 is 17.9 Å². The van der Waals surface area contributed by atoms with Gasteiger partial charge in [0.25, 0.3) is 0 Å². The first kappa shape index (κ1) is 30.8. The number of ketones is 1. The summed E-state index contributed by atoms with van der Waals surface area (Å²) in [6, 6.07) is 3.30. The van der Waals surface area contributed by atoms with Gasteiger partial charge in [-0.1, -0.05) is 6.07 Å². The van der Waals surface area contributed by atoms with E-state index in [2.05, 4.69) is 10.3 Å². The quantitative estimate of drug-likeness (QED) is 0.237. The van der Waals surface area contributed by atoms with Gasteiger partial charge in [0.1, 0.15) is 5.69 Å². The third kappa shape index (κ3) is 12.2. The van der Waals surface area contributed by atoms with E-state index in [0.717, 1.165) is 5.56 Å². The number of aliphatic carboxylic acids is 3. The molecule has 0 atom stereocenters. The van der Waals surface area contributed by atoms with Gasteiger partial charge in [0.2, 0.25) is 5.91 Å². The van der Waals surface area contributed by atoms with E-state index in [-0.39, 0.29) is 44.4 Å². The van der Waals surface area contributed by atoms with Crippen molar-refractivity contribution in [3.63, 3.8) is 0 Å². The van der Waals surface area contributed by atoms with E-state index in [1.807, 2.05) is 4.90 Å². The number of nitrogens with one attached hydrogen (secondary N) is 1. The normalized spacial score (nSPS) is 17.2. The second-order valence-corrected chi connectivity index (χ2v) is 9.17. The Kier molecular flexibility index (Phi) is 12.7. The van der Waals surface area contributed by atoms with Crippen LogP contribution in [0.25, 0.3) is 0 Å². The van der Waals surface area contributed by atoms with Crippen molar-refractivity contribution in [1.29, 1.82) is 0 Å². The molecule has 38 heavy (non-hydrogen) atoms. The lowest BCUT2D eigenvalue weighted by atomic mass is 10.2. The fourth-order valence-corrected chi connectivity index (χ4v) is 3.98. The van der Waals surface area contributed by atoms with Gasteiger partial charge in [0, 0.05) is 72.0 Å². The van der Waals surface area contributed by atoms with Crippen LogP contribution in [-0.4, -0.2) is 148 Å². The monoisotopic (exact) mass is 536 g/mol. The fraction of sp³-hybridized carbons (Fsp3) is 0.583. The van der Waals surface area contributed by atoms with Crippen LogP contribution in [0.4, 0.5) is 0 Å². The lowest BCUT2D eigenvalue weighted by Crippen LogP contribution is -2.49. The van der Waals surface area contributed by atoms with Crippen molar-refractivity contribution in [2.45, 2.75) is 13.5 Å². The zero-order valence-corrected chi connectivity index (χ0v) is 21.5. The molecule has 0 spiro atoms. The molecule has 0 radical (unpaired) electrons. The topological polar surface area (TPSA) is 184 Å². The Balaban J connectivity index is 2.06. The number of rotatable bonds is 11. The van der Waals surface area contributed by atoms with Crippen LogP contribution >= 0.6 is 0 Å². The first-order valence-corrected chi connectivity index (χ1v) is 12.3. The predicted octanol–water partition coefficient (Wildman–Crippen LogP) is -1.62. The Morgan fingerprint density at radius 1 is 0.711 bits per heavy atom. The number of hydrogen-bond acceptors (Lipinski definition) is 10. The molecule has 2 heterocycles. The third-order valence-corrected chi connectivity index (χ3v) is 6.05. The number of aromatic nitrogens is 1. The summed E-state index contributed by atoms with van der Waals surface area (Å²) in [6.07, 6.45) is 1.52. The van der Waals surface area contributed by atoms with Crippen LogP contribution in [0.15, 0.2) is 18.3 Å². The molecule has 1 amide bonds. The first-order chi connectivity index (χ1) is 18.0. The van der Waals surface area contributed by atoms with E-state index in [1.54, 1.807) is 26.8 Å².